The summed E-state index contributed by atoms with van der Waals surface area (Å²) in [6.45, 7) is 2.00. The fraction of sp³-hybridized carbons (Fsp3) is 0.857. The van der Waals surface area contributed by atoms with Crippen LogP contribution in [0.4, 0.5) is 0 Å². The standard InChI is InChI=1S/C7H18N4OS/c1-6(4-5-13(3)12)10-7(9-2)11-8/h6H,4-5,8H2,1-3H3,(H2,9,10,11). The lowest BCUT2D eigenvalue weighted by atomic mass is 10.3. The van der Waals surface area contributed by atoms with Crippen molar-refractivity contribution in [3.63, 3.8) is 0 Å². The van der Waals surface area contributed by atoms with Crippen LogP contribution in [0.1, 0.15) is 13.3 Å². The van der Waals surface area contributed by atoms with Gasteiger partial charge in [0.25, 0.3) is 0 Å². The van der Waals surface area contributed by atoms with Crippen molar-refractivity contribution >= 4 is 16.8 Å². The van der Waals surface area contributed by atoms with Crippen molar-refractivity contribution in [2.75, 3.05) is 19.1 Å². The van der Waals surface area contributed by atoms with Gasteiger partial charge in [-0.25, -0.2) is 5.84 Å². The number of hydrazine groups is 1. The second-order valence-corrected chi connectivity index (χ2v) is 4.38. The minimum absolute atomic E-state index is 0.221. The Labute approximate surface area is 81.6 Å². The molecule has 13 heavy (non-hydrogen) atoms. The molecule has 0 aromatic carbocycles. The van der Waals surface area contributed by atoms with Gasteiger partial charge in [0.2, 0.25) is 5.96 Å². The molecule has 0 bridgehead atoms. The van der Waals surface area contributed by atoms with E-state index in [9.17, 15) is 4.21 Å². The largest absolute Gasteiger partial charge is 0.353 e. The summed E-state index contributed by atoms with van der Waals surface area (Å²) in [6.07, 6.45) is 2.53. The lowest BCUT2D eigenvalue weighted by Crippen LogP contribution is -2.45. The fourth-order valence-corrected chi connectivity index (χ4v) is 1.50. The number of nitrogens with zero attached hydrogens (tertiary/aromatic N) is 1. The number of aliphatic imine (C=N–C) groups is 1. The van der Waals surface area contributed by atoms with Crippen molar-refractivity contribution in [3.05, 3.63) is 0 Å². The molecule has 2 atom stereocenters. The molecule has 5 nitrogen and oxygen atoms in total. The number of guanidine groups is 1. The fourth-order valence-electron chi connectivity index (χ4n) is 0.819. The smallest absolute Gasteiger partial charge is 0.205 e. The Morgan fingerprint density at radius 2 is 2.31 bits per heavy atom. The van der Waals surface area contributed by atoms with Gasteiger partial charge in [-0.05, 0) is 13.3 Å². The van der Waals surface area contributed by atoms with Gasteiger partial charge in [-0.1, -0.05) is 0 Å². The van der Waals surface area contributed by atoms with Crippen LogP contribution in [0.3, 0.4) is 0 Å². The molecule has 0 saturated carbocycles. The van der Waals surface area contributed by atoms with E-state index in [0.717, 1.165) is 6.42 Å². The second kappa shape index (κ2) is 6.85. The predicted octanol–water partition coefficient (Wildman–Crippen LogP) is -0.818. The van der Waals surface area contributed by atoms with Gasteiger partial charge in [0.1, 0.15) is 0 Å². The molecule has 0 fully saturated rings. The highest BCUT2D eigenvalue weighted by Crippen LogP contribution is 1.91. The summed E-state index contributed by atoms with van der Waals surface area (Å²) in [5.41, 5.74) is 2.43. The summed E-state index contributed by atoms with van der Waals surface area (Å²) < 4.78 is 10.8. The van der Waals surface area contributed by atoms with Crippen molar-refractivity contribution in [1.82, 2.24) is 10.7 Å². The van der Waals surface area contributed by atoms with Crippen LogP contribution in [-0.4, -0.2) is 35.3 Å². The first-order valence-electron chi connectivity index (χ1n) is 4.10. The second-order valence-electron chi connectivity index (χ2n) is 2.83. The van der Waals surface area contributed by atoms with Gasteiger partial charge < -0.3 is 5.32 Å². The average molecular weight is 206 g/mol. The Bertz CT molecular complexity index is 195. The van der Waals surface area contributed by atoms with Crippen LogP contribution in [0.15, 0.2) is 4.99 Å². The summed E-state index contributed by atoms with van der Waals surface area (Å²) in [6, 6.07) is 0.221. The minimum Gasteiger partial charge on any atom is -0.353 e. The monoisotopic (exact) mass is 206 g/mol. The molecule has 0 heterocycles. The van der Waals surface area contributed by atoms with Crippen molar-refractivity contribution in [2.24, 2.45) is 10.8 Å². The number of nitrogens with one attached hydrogen (secondary N) is 2. The number of hydrogen-bond donors (Lipinski definition) is 3. The van der Waals surface area contributed by atoms with E-state index in [1.807, 2.05) is 6.92 Å². The Balaban J connectivity index is 3.73. The topological polar surface area (TPSA) is 79.5 Å². The maximum Gasteiger partial charge on any atom is 0.205 e. The van der Waals surface area contributed by atoms with Gasteiger partial charge in [-0.2, -0.15) is 0 Å². The van der Waals surface area contributed by atoms with E-state index in [4.69, 9.17) is 5.84 Å². The van der Waals surface area contributed by atoms with E-state index in [1.165, 1.54) is 0 Å². The van der Waals surface area contributed by atoms with E-state index in [2.05, 4.69) is 15.7 Å². The van der Waals surface area contributed by atoms with Crippen LogP contribution in [0, 0.1) is 0 Å². The molecule has 0 rings (SSSR count). The molecule has 0 aromatic heterocycles. The highest BCUT2D eigenvalue weighted by atomic mass is 32.2. The van der Waals surface area contributed by atoms with Crippen molar-refractivity contribution in [2.45, 2.75) is 19.4 Å². The Morgan fingerprint density at radius 3 is 2.69 bits per heavy atom. The maximum absolute atomic E-state index is 10.8. The summed E-state index contributed by atoms with van der Waals surface area (Å²) in [7, 11) is 0.909. The van der Waals surface area contributed by atoms with E-state index in [1.54, 1.807) is 13.3 Å². The van der Waals surface area contributed by atoms with Gasteiger partial charge >= 0.3 is 0 Å². The van der Waals surface area contributed by atoms with Gasteiger partial charge in [-0.3, -0.25) is 14.6 Å². The molecule has 0 aliphatic heterocycles. The van der Waals surface area contributed by atoms with Crippen molar-refractivity contribution < 1.29 is 4.21 Å². The summed E-state index contributed by atoms with van der Waals surface area (Å²) in [5.74, 6) is 6.42. The van der Waals surface area contributed by atoms with Crippen molar-refractivity contribution in [1.29, 1.82) is 0 Å². The summed E-state index contributed by atoms with van der Waals surface area (Å²) in [5, 5.41) is 3.05. The minimum atomic E-state index is -0.736. The summed E-state index contributed by atoms with van der Waals surface area (Å²) in [4.78, 5) is 3.87. The quantitative estimate of drug-likeness (QED) is 0.243. The molecular formula is C7H18N4OS. The normalized spacial score (nSPS) is 16.5. The van der Waals surface area contributed by atoms with Gasteiger partial charge in [0.15, 0.2) is 0 Å². The molecule has 2 unspecified atom stereocenters. The van der Waals surface area contributed by atoms with Crippen LogP contribution in [-0.2, 0) is 10.8 Å². The molecule has 0 aliphatic carbocycles. The predicted molar refractivity (Wildman–Crippen MR) is 56.8 cm³/mol. The van der Waals surface area contributed by atoms with Crippen LogP contribution >= 0.6 is 0 Å². The molecule has 0 radical (unpaired) electrons. The molecule has 0 amide bonds. The summed E-state index contributed by atoms with van der Waals surface area (Å²) >= 11 is 0. The third-order valence-corrected chi connectivity index (χ3v) is 2.39. The zero-order chi connectivity index (χ0) is 10.3. The molecule has 0 saturated heterocycles. The molecule has 6 heteroatoms. The number of rotatable bonds is 4. The van der Waals surface area contributed by atoms with E-state index >= 15 is 0 Å². The third-order valence-electron chi connectivity index (χ3n) is 1.58. The Kier molecular flexibility index (Phi) is 6.52. The van der Waals surface area contributed by atoms with Crippen LogP contribution in [0.5, 0.6) is 0 Å². The highest BCUT2D eigenvalue weighted by Gasteiger charge is 2.04. The number of nitrogens with two attached hydrogens (primary N) is 1. The Hall–Kier alpha value is -0.620. The molecule has 4 N–H and O–H groups in total. The molecule has 0 spiro atoms. The van der Waals surface area contributed by atoms with Crippen LogP contribution in [0.2, 0.25) is 0 Å². The maximum atomic E-state index is 10.8. The lowest BCUT2D eigenvalue weighted by Gasteiger charge is -2.15. The zero-order valence-corrected chi connectivity index (χ0v) is 9.15. The first kappa shape index (κ1) is 12.4. The van der Waals surface area contributed by atoms with Gasteiger partial charge in [0.05, 0.1) is 0 Å². The highest BCUT2D eigenvalue weighted by molar-refractivity contribution is 7.84. The SMILES string of the molecule is CN=C(NN)NC(C)CCS(C)=O. The average Bonchev–Trinajstić information content (AvgIpc) is 2.10. The van der Waals surface area contributed by atoms with E-state index < -0.39 is 10.8 Å². The van der Waals surface area contributed by atoms with Gasteiger partial charge in [-0.15, -0.1) is 0 Å². The van der Waals surface area contributed by atoms with E-state index in [-0.39, 0.29) is 6.04 Å². The molecular weight excluding hydrogens is 188 g/mol. The van der Waals surface area contributed by atoms with Crippen LogP contribution in [0.25, 0.3) is 0 Å². The molecule has 78 valence electrons. The first-order valence-corrected chi connectivity index (χ1v) is 5.82. The zero-order valence-electron chi connectivity index (χ0n) is 8.33. The first-order chi connectivity index (χ1) is 6.10. The van der Waals surface area contributed by atoms with Crippen LogP contribution < -0.4 is 16.6 Å². The van der Waals surface area contributed by atoms with Gasteiger partial charge in [0, 0.05) is 35.9 Å². The third kappa shape index (κ3) is 6.53. The Morgan fingerprint density at radius 1 is 1.69 bits per heavy atom. The van der Waals surface area contributed by atoms with E-state index in [0.29, 0.717) is 11.7 Å². The molecule has 0 aromatic rings. The van der Waals surface area contributed by atoms with Crippen molar-refractivity contribution in [3.8, 4) is 0 Å². The lowest BCUT2D eigenvalue weighted by molar-refractivity contribution is 0.622. The number of hydrogen-bond acceptors (Lipinski definition) is 3. The molecule has 0 aliphatic rings.